The highest BCUT2D eigenvalue weighted by Crippen LogP contribution is 2.21. The van der Waals surface area contributed by atoms with Gasteiger partial charge in [-0.2, -0.15) is 0 Å². The lowest BCUT2D eigenvalue weighted by molar-refractivity contribution is -0.384. The van der Waals surface area contributed by atoms with Crippen LogP contribution in [0.5, 0.6) is 5.88 Å². The van der Waals surface area contributed by atoms with Gasteiger partial charge in [0.25, 0.3) is 17.2 Å². The third kappa shape index (κ3) is 2.46. The van der Waals surface area contributed by atoms with Gasteiger partial charge in [0, 0.05) is 18.2 Å². The summed E-state index contributed by atoms with van der Waals surface area (Å²) in [6.45, 7) is 1.46. The molecule has 0 unspecified atom stereocenters. The lowest BCUT2D eigenvalue weighted by Gasteiger charge is -2.11. The van der Waals surface area contributed by atoms with Crippen LogP contribution in [0, 0.1) is 17.0 Å². The molecule has 1 aromatic carbocycles. The maximum atomic E-state index is 12.3. The lowest BCUT2D eigenvalue weighted by Crippen LogP contribution is -2.30. The molecule has 1 heterocycles. The molecule has 0 spiro atoms. The zero-order chi connectivity index (χ0) is 15.7. The zero-order valence-corrected chi connectivity index (χ0v) is 10.9. The van der Waals surface area contributed by atoms with Crippen molar-refractivity contribution in [3.8, 4) is 11.6 Å². The number of nitro benzene ring substituents is 1. The molecule has 8 heteroatoms. The number of carbonyl (C=O) groups excluding carboxylic acids is 1. The number of carbonyl (C=O) groups is 1. The van der Waals surface area contributed by atoms with Crippen molar-refractivity contribution in [3.05, 3.63) is 61.9 Å². The number of aryl methyl sites for hydroxylation is 1. The Morgan fingerprint density at radius 1 is 1.38 bits per heavy atom. The normalized spacial score (nSPS) is 10.3. The molecule has 0 radical (unpaired) electrons. The summed E-state index contributed by atoms with van der Waals surface area (Å²) in [4.78, 5) is 33.7. The number of hydrogen-bond acceptors (Lipinski definition) is 5. The minimum atomic E-state index is -0.934. The van der Waals surface area contributed by atoms with Crippen molar-refractivity contribution in [1.29, 1.82) is 0 Å². The van der Waals surface area contributed by atoms with Gasteiger partial charge >= 0.3 is 0 Å². The van der Waals surface area contributed by atoms with E-state index < -0.39 is 22.3 Å². The van der Waals surface area contributed by atoms with Gasteiger partial charge in [-0.25, -0.2) is 4.57 Å². The first-order valence-corrected chi connectivity index (χ1v) is 5.83. The SMILES string of the molecule is Cc1cc(O)n(-c2cccc([N+](=O)[O-])c2)c(=O)c1C(N)=O. The first kappa shape index (κ1) is 14.3. The van der Waals surface area contributed by atoms with E-state index in [1.54, 1.807) is 0 Å². The van der Waals surface area contributed by atoms with E-state index in [1.165, 1.54) is 31.2 Å². The van der Waals surface area contributed by atoms with Crippen LogP contribution in [0.1, 0.15) is 15.9 Å². The minimum Gasteiger partial charge on any atom is -0.494 e. The molecule has 21 heavy (non-hydrogen) atoms. The van der Waals surface area contributed by atoms with Crippen molar-refractivity contribution in [2.75, 3.05) is 0 Å². The molecule has 0 saturated carbocycles. The molecule has 0 aliphatic carbocycles. The van der Waals surface area contributed by atoms with Crippen LogP contribution >= 0.6 is 0 Å². The van der Waals surface area contributed by atoms with Crippen molar-refractivity contribution in [3.63, 3.8) is 0 Å². The summed E-state index contributed by atoms with van der Waals surface area (Å²) in [7, 11) is 0. The molecule has 8 nitrogen and oxygen atoms in total. The maximum Gasteiger partial charge on any atom is 0.271 e. The van der Waals surface area contributed by atoms with E-state index in [0.29, 0.717) is 0 Å². The number of benzene rings is 1. The number of hydrogen-bond donors (Lipinski definition) is 2. The third-order valence-electron chi connectivity index (χ3n) is 2.93. The average Bonchev–Trinajstić information content (AvgIpc) is 2.37. The molecule has 0 fully saturated rings. The van der Waals surface area contributed by atoms with Crippen LogP contribution in [-0.2, 0) is 0 Å². The van der Waals surface area contributed by atoms with Gasteiger partial charge in [-0.3, -0.25) is 19.7 Å². The smallest absolute Gasteiger partial charge is 0.271 e. The lowest BCUT2D eigenvalue weighted by atomic mass is 10.1. The molecule has 0 bridgehead atoms. The summed E-state index contributed by atoms with van der Waals surface area (Å²) in [6.07, 6.45) is 0. The predicted molar refractivity (Wildman–Crippen MR) is 73.6 cm³/mol. The van der Waals surface area contributed by atoms with E-state index in [0.717, 1.165) is 10.6 Å². The van der Waals surface area contributed by atoms with E-state index in [4.69, 9.17) is 5.73 Å². The fourth-order valence-corrected chi connectivity index (χ4v) is 2.01. The topological polar surface area (TPSA) is 128 Å². The van der Waals surface area contributed by atoms with Gasteiger partial charge in [0.1, 0.15) is 5.56 Å². The van der Waals surface area contributed by atoms with E-state index in [2.05, 4.69) is 0 Å². The summed E-state index contributed by atoms with van der Waals surface area (Å²) in [6, 6.07) is 6.31. The molecule has 0 aliphatic heterocycles. The Balaban J connectivity index is 2.78. The van der Waals surface area contributed by atoms with E-state index >= 15 is 0 Å². The molecule has 1 amide bonds. The number of nitrogens with zero attached hydrogens (tertiary/aromatic N) is 2. The second-order valence-electron chi connectivity index (χ2n) is 4.34. The van der Waals surface area contributed by atoms with Crippen LogP contribution in [-0.4, -0.2) is 20.5 Å². The van der Waals surface area contributed by atoms with E-state index in [1.807, 2.05) is 0 Å². The first-order chi connectivity index (χ1) is 9.82. The molecule has 0 aliphatic rings. The molecule has 2 rings (SSSR count). The van der Waals surface area contributed by atoms with Crippen molar-refractivity contribution in [1.82, 2.24) is 4.57 Å². The van der Waals surface area contributed by atoms with Crippen LogP contribution in [0.2, 0.25) is 0 Å². The van der Waals surface area contributed by atoms with Crippen LogP contribution in [0.25, 0.3) is 5.69 Å². The van der Waals surface area contributed by atoms with Crippen LogP contribution in [0.3, 0.4) is 0 Å². The van der Waals surface area contributed by atoms with Gasteiger partial charge in [0.15, 0.2) is 5.88 Å². The largest absolute Gasteiger partial charge is 0.494 e. The monoisotopic (exact) mass is 289 g/mol. The van der Waals surface area contributed by atoms with Gasteiger partial charge in [0.2, 0.25) is 0 Å². The van der Waals surface area contributed by atoms with E-state index in [-0.39, 0.29) is 22.5 Å². The number of rotatable bonds is 3. The van der Waals surface area contributed by atoms with Gasteiger partial charge in [-0.15, -0.1) is 0 Å². The molecule has 3 N–H and O–H groups in total. The standard InChI is InChI=1S/C13H11N3O5/c1-7-5-10(17)15(13(19)11(7)12(14)18)8-3-2-4-9(6-8)16(20)21/h2-6,17H,1H3,(H2,14,18). The van der Waals surface area contributed by atoms with Gasteiger partial charge in [-0.1, -0.05) is 6.07 Å². The number of nitro groups is 1. The minimum absolute atomic E-state index is 0.0641. The fourth-order valence-electron chi connectivity index (χ4n) is 2.01. The number of nitrogens with two attached hydrogens (primary N) is 1. The highest BCUT2D eigenvalue weighted by molar-refractivity contribution is 5.94. The Morgan fingerprint density at radius 3 is 2.62 bits per heavy atom. The van der Waals surface area contributed by atoms with Gasteiger partial charge < -0.3 is 10.8 Å². The molecule has 0 atom stereocenters. The van der Waals surface area contributed by atoms with Crippen molar-refractivity contribution in [2.24, 2.45) is 5.73 Å². The van der Waals surface area contributed by atoms with Crippen LogP contribution in [0.15, 0.2) is 35.1 Å². The Hall–Kier alpha value is -3.16. The quantitative estimate of drug-likeness (QED) is 0.639. The number of pyridine rings is 1. The second-order valence-corrected chi connectivity index (χ2v) is 4.34. The average molecular weight is 289 g/mol. The molecule has 108 valence electrons. The van der Waals surface area contributed by atoms with Gasteiger partial charge in [0.05, 0.1) is 10.6 Å². The Morgan fingerprint density at radius 2 is 2.05 bits per heavy atom. The van der Waals surface area contributed by atoms with Crippen molar-refractivity contribution in [2.45, 2.75) is 6.92 Å². The summed E-state index contributed by atoms with van der Waals surface area (Å²) < 4.78 is 0.792. The van der Waals surface area contributed by atoms with Crippen molar-refractivity contribution >= 4 is 11.6 Å². The second kappa shape index (κ2) is 5.08. The number of primary amides is 1. The fraction of sp³-hybridized carbons (Fsp3) is 0.0769. The summed E-state index contributed by atoms with van der Waals surface area (Å²) in [5.41, 5.74) is 4.08. The van der Waals surface area contributed by atoms with Crippen LogP contribution < -0.4 is 11.3 Å². The number of aromatic nitrogens is 1. The number of amides is 1. The molecular formula is C13H11N3O5. The zero-order valence-electron chi connectivity index (χ0n) is 10.9. The van der Waals surface area contributed by atoms with E-state index in [9.17, 15) is 24.8 Å². The Labute approximate surface area is 118 Å². The molecule has 0 saturated heterocycles. The van der Waals surface area contributed by atoms with Crippen LogP contribution in [0.4, 0.5) is 5.69 Å². The predicted octanol–water partition coefficient (Wildman–Crippen LogP) is 0.859. The summed E-state index contributed by atoms with van der Waals surface area (Å²) in [5, 5.41) is 20.7. The highest BCUT2D eigenvalue weighted by Gasteiger charge is 2.18. The molecule has 1 aromatic heterocycles. The Kier molecular flexibility index (Phi) is 3.45. The van der Waals surface area contributed by atoms with Crippen molar-refractivity contribution < 1.29 is 14.8 Å². The molecular weight excluding hydrogens is 278 g/mol. The first-order valence-electron chi connectivity index (χ1n) is 5.83. The number of aromatic hydroxyl groups is 1. The Bertz CT molecular complexity index is 810. The number of non-ortho nitro benzene ring substituents is 1. The molecule has 2 aromatic rings. The highest BCUT2D eigenvalue weighted by atomic mass is 16.6. The third-order valence-corrected chi connectivity index (χ3v) is 2.93. The maximum absolute atomic E-state index is 12.3. The summed E-state index contributed by atoms with van der Waals surface area (Å²) in [5.74, 6) is -1.38. The summed E-state index contributed by atoms with van der Waals surface area (Å²) >= 11 is 0. The van der Waals surface area contributed by atoms with Gasteiger partial charge in [-0.05, 0) is 18.6 Å².